The molecule has 6 heteroatoms. The number of carboxylic acids is 1. The molecule has 0 aliphatic heterocycles. The third kappa shape index (κ3) is 5.08. The van der Waals surface area contributed by atoms with Gasteiger partial charge in [-0.2, -0.15) is 0 Å². The molecule has 0 aromatic heterocycles. The second kappa shape index (κ2) is 7.03. The Kier molecular flexibility index (Phi) is 5.26. The molecule has 1 aliphatic rings. The third-order valence-corrected chi connectivity index (χ3v) is 4.25. The summed E-state index contributed by atoms with van der Waals surface area (Å²) in [6, 6.07) is 6.76. The molecule has 2 amide bonds. The molecular formula is C18H24N2O4. The summed E-state index contributed by atoms with van der Waals surface area (Å²) in [5.74, 6) is -0.705. The molecule has 0 heterocycles. The molecule has 1 aromatic rings. The van der Waals surface area contributed by atoms with E-state index in [1.54, 1.807) is 38.1 Å². The number of amides is 2. The Morgan fingerprint density at radius 2 is 1.96 bits per heavy atom. The molecule has 130 valence electrons. The van der Waals surface area contributed by atoms with E-state index in [4.69, 9.17) is 5.11 Å². The average molecular weight is 332 g/mol. The van der Waals surface area contributed by atoms with Crippen molar-refractivity contribution in [3.8, 4) is 0 Å². The lowest BCUT2D eigenvalue weighted by Gasteiger charge is -2.25. The Balaban J connectivity index is 1.98. The van der Waals surface area contributed by atoms with Crippen molar-refractivity contribution < 1.29 is 19.5 Å². The van der Waals surface area contributed by atoms with Crippen LogP contribution in [0.3, 0.4) is 0 Å². The van der Waals surface area contributed by atoms with Crippen LogP contribution in [0.2, 0.25) is 0 Å². The van der Waals surface area contributed by atoms with Gasteiger partial charge in [0.2, 0.25) is 5.91 Å². The molecular weight excluding hydrogens is 308 g/mol. The van der Waals surface area contributed by atoms with Gasteiger partial charge in [-0.05, 0) is 50.8 Å². The minimum absolute atomic E-state index is 0.0110. The van der Waals surface area contributed by atoms with Crippen molar-refractivity contribution in [2.24, 2.45) is 11.8 Å². The van der Waals surface area contributed by atoms with E-state index in [0.29, 0.717) is 23.6 Å². The van der Waals surface area contributed by atoms with Crippen LogP contribution in [0.15, 0.2) is 24.3 Å². The second-order valence-electron chi connectivity index (χ2n) is 7.12. The monoisotopic (exact) mass is 332 g/mol. The summed E-state index contributed by atoms with van der Waals surface area (Å²) in [6.45, 7) is 5.61. The highest BCUT2D eigenvalue weighted by Crippen LogP contribution is 2.38. The van der Waals surface area contributed by atoms with Gasteiger partial charge in [-0.3, -0.25) is 14.4 Å². The van der Waals surface area contributed by atoms with Gasteiger partial charge in [-0.1, -0.05) is 13.0 Å². The van der Waals surface area contributed by atoms with E-state index in [9.17, 15) is 14.4 Å². The predicted octanol–water partition coefficient (Wildman–Crippen LogP) is 2.65. The Bertz CT molecular complexity index is 654. The fraction of sp³-hybridized carbons (Fsp3) is 0.500. The van der Waals surface area contributed by atoms with E-state index in [1.165, 1.54) is 0 Å². The lowest BCUT2D eigenvalue weighted by atomic mass is 9.97. The molecule has 1 saturated carbocycles. The van der Waals surface area contributed by atoms with E-state index >= 15 is 0 Å². The van der Waals surface area contributed by atoms with Crippen molar-refractivity contribution in [2.45, 2.75) is 45.6 Å². The van der Waals surface area contributed by atoms with Crippen molar-refractivity contribution in [1.29, 1.82) is 0 Å². The number of nitrogens with one attached hydrogen (secondary N) is 2. The Morgan fingerprint density at radius 3 is 2.54 bits per heavy atom. The largest absolute Gasteiger partial charge is 0.481 e. The first-order chi connectivity index (χ1) is 11.2. The fourth-order valence-corrected chi connectivity index (χ4v) is 2.52. The van der Waals surface area contributed by atoms with E-state index in [0.717, 1.165) is 6.42 Å². The van der Waals surface area contributed by atoms with Crippen molar-refractivity contribution in [3.05, 3.63) is 29.8 Å². The summed E-state index contributed by atoms with van der Waals surface area (Å²) in [4.78, 5) is 35.0. The van der Waals surface area contributed by atoms with Crippen molar-refractivity contribution >= 4 is 23.5 Å². The number of carboxylic acid groups (broad SMARTS) is 1. The molecule has 0 spiro atoms. The van der Waals surface area contributed by atoms with Crippen LogP contribution < -0.4 is 10.6 Å². The van der Waals surface area contributed by atoms with Crippen LogP contribution in [0, 0.1) is 11.8 Å². The van der Waals surface area contributed by atoms with Crippen LogP contribution in [0.25, 0.3) is 0 Å². The molecule has 2 atom stereocenters. The Morgan fingerprint density at radius 1 is 1.29 bits per heavy atom. The summed E-state index contributed by atoms with van der Waals surface area (Å²) in [7, 11) is 0. The van der Waals surface area contributed by atoms with Crippen LogP contribution in [0.5, 0.6) is 0 Å². The van der Waals surface area contributed by atoms with Gasteiger partial charge in [0.05, 0.1) is 0 Å². The average Bonchev–Trinajstić information content (AvgIpc) is 3.22. The molecule has 3 N–H and O–H groups in total. The number of anilines is 1. The minimum Gasteiger partial charge on any atom is -0.481 e. The maximum absolute atomic E-state index is 12.4. The Hall–Kier alpha value is -2.37. The standard InChI is InChI=1S/C18H24N2O4/c1-11-9-14(11)17(24)19-13-6-4-5-12(10-13)16(23)20-18(2,3)8-7-15(21)22/h4-6,10-11,14H,7-9H2,1-3H3,(H,19,24)(H,20,23)(H,21,22). The zero-order valence-electron chi connectivity index (χ0n) is 14.3. The molecule has 6 nitrogen and oxygen atoms in total. The topological polar surface area (TPSA) is 95.5 Å². The predicted molar refractivity (Wildman–Crippen MR) is 90.8 cm³/mol. The van der Waals surface area contributed by atoms with Crippen molar-refractivity contribution in [1.82, 2.24) is 5.32 Å². The van der Waals surface area contributed by atoms with Gasteiger partial charge in [0.25, 0.3) is 5.91 Å². The summed E-state index contributed by atoms with van der Waals surface area (Å²) in [6.07, 6.45) is 1.23. The normalized spacial score (nSPS) is 19.5. The summed E-state index contributed by atoms with van der Waals surface area (Å²) in [5.41, 5.74) is 0.396. The number of rotatable bonds is 7. The number of benzene rings is 1. The van der Waals surface area contributed by atoms with E-state index in [2.05, 4.69) is 10.6 Å². The number of carbonyl (C=O) groups excluding carboxylic acids is 2. The van der Waals surface area contributed by atoms with Crippen LogP contribution in [0.4, 0.5) is 5.69 Å². The highest BCUT2D eigenvalue weighted by Gasteiger charge is 2.39. The lowest BCUT2D eigenvalue weighted by molar-refractivity contribution is -0.137. The molecule has 0 bridgehead atoms. The molecule has 24 heavy (non-hydrogen) atoms. The number of aliphatic carboxylic acids is 1. The van der Waals surface area contributed by atoms with Crippen LogP contribution >= 0.6 is 0 Å². The first kappa shape index (κ1) is 18.0. The summed E-state index contributed by atoms with van der Waals surface area (Å²) >= 11 is 0. The van der Waals surface area contributed by atoms with Gasteiger partial charge < -0.3 is 15.7 Å². The molecule has 0 radical (unpaired) electrons. The van der Waals surface area contributed by atoms with E-state index < -0.39 is 11.5 Å². The third-order valence-electron chi connectivity index (χ3n) is 4.25. The van der Waals surface area contributed by atoms with Crippen LogP contribution in [-0.2, 0) is 9.59 Å². The lowest BCUT2D eigenvalue weighted by Crippen LogP contribution is -2.43. The second-order valence-corrected chi connectivity index (χ2v) is 7.12. The van der Waals surface area contributed by atoms with Gasteiger partial charge in [-0.25, -0.2) is 0 Å². The molecule has 2 unspecified atom stereocenters. The first-order valence-corrected chi connectivity index (χ1v) is 8.13. The SMILES string of the molecule is CC1CC1C(=O)Nc1cccc(C(=O)NC(C)(C)CCC(=O)O)c1. The number of carbonyl (C=O) groups is 3. The molecule has 1 fully saturated rings. The van der Waals surface area contributed by atoms with E-state index in [1.807, 2.05) is 6.92 Å². The maximum atomic E-state index is 12.4. The molecule has 0 saturated heterocycles. The van der Waals surface area contributed by atoms with Gasteiger partial charge in [0, 0.05) is 29.1 Å². The van der Waals surface area contributed by atoms with Crippen LogP contribution in [-0.4, -0.2) is 28.4 Å². The summed E-state index contributed by atoms with van der Waals surface area (Å²) in [5, 5.41) is 14.4. The highest BCUT2D eigenvalue weighted by atomic mass is 16.4. The molecule has 1 aliphatic carbocycles. The van der Waals surface area contributed by atoms with Gasteiger partial charge in [-0.15, -0.1) is 0 Å². The summed E-state index contributed by atoms with van der Waals surface area (Å²) < 4.78 is 0. The first-order valence-electron chi connectivity index (χ1n) is 8.13. The quantitative estimate of drug-likeness (QED) is 0.715. The minimum atomic E-state index is -0.892. The molecule has 2 rings (SSSR count). The smallest absolute Gasteiger partial charge is 0.303 e. The zero-order chi connectivity index (χ0) is 17.9. The van der Waals surface area contributed by atoms with Crippen molar-refractivity contribution in [2.75, 3.05) is 5.32 Å². The zero-order valence-corrected chi connectivity index (χ0v) is 14.3. The van der Waals surface area contributed by atoms with Gasteiger partial charge in [0.15, 0.2) is 0 Å². The highest BCUT2D eigenvalue weighted by molar-refractivity contribution is 5.98. The van der Waals surface area contributed by atoms with E-state index in [-0.39, 0.29) is 24.2 Å². The Labute approximate surface area is 141 Å². The van der Waals surface area contributed by atoms with Gasteiger partial charge >= 0.3 is 5.97 Å². The maximum Gasteiger partial charge on any atom is 0.303 e. The molecule has 1 aromatic carbocycles. The number of hydrogen-bond donors (Lipinski definition) is 3. The van der Waals surface area contributed by atoms with Crippen LogP contribution in [0.1, 0.15) is 50.4 Å². The van der Waals surface area contributed by atoms with Gasteiger partial charge in [0.1, 0.15) is 0 Å². The van der Waals surface area contributed by atoms with Crippen molar-refractivity contribution in [3.63, 3.8) is 0 Å². The fourth-order valence-electron chi connectivity index (χ4n) is 2.52. The number of hydrogen-bond acceptors (Lipinski definition) is 3.